The molecule has 18 heavy (non-hydrogen) atoms. The van der Waals surface area contributed by atoms with Crippen LogP contribution in [0.1, 0.15) is 26.3 Å². The van der Waals surface area contributed by atoms with Crippen molar-refractivity contribution in [2.75, 3.05) is 13.7 Å². The van der Waals surface area contributed by atoms with Gasteiger partial charge in [0.2, 0.25) is 0 Å². The monoisotopic (exact) mass is 251 g/mol. The van der Waals surface area contributed by atoms with Crippen molar-refractivity contribution in [3.63, 3.8) is 0 Å². The predicted octanol–water partition coefficient (Wildman–Crippen LogP) is 2.13. The van der Waals surface area contributed by atoms with E-state index in [4.69, 9.17) is 4.74 Å². The third-order valence-corrected chi connectivity index (χ3v) is 2.31. The first-order valence-electron chi connectivity index (χ1n) is 5.94. The van der Waals surface area contributed by atoms with E-state index in [1.54, 1.807) is 0 Å². The van der Waals surface area contributed by atoms with E-state index < -0.39 is 0 Å². The topological polar surface area (TPSA) is 47.6 Å². The molecule has 1 N–H and O–H groups in total. The number of methoxy groups -OCH3 is 1. The van der Waals surface area contributed by atoms with Crippen LogP contribution in [0, 0.1) is 0 Å². The largest absolute Gasteiger partial charge is 0.482 e. The Labute approximate surface area is 108 Å². The highest BCUT2D eigenvalue weighted by Crippen LogP contribution is 2.14. The molecule has 0 bridgehead atoms. The van der Waals surface area contributed by atoms with Crippen molar-refractivity contribution in [2.45, 2.75) is 32.9 Å². The Hall–Kier alpha value is -1.55. The van der Waals surface area contributed by atoms with E-state index in [1.165, 1.54) is 7.11 Å². The number of hydrogen-bond donors (Lipinski definition) is 1. The summed E-state index contributed by atoms with van der Waals surface area (Å²) in [5.41, 5.74) is 1.19. The second-order valence-corrected chi connectivity index (χ2v) is 5.12. The standard InChI is InChI=1S/C14H21NO3/c1-14(2,3)15-9-11-6-5-7-12(8-11)18-10-13(16)17-4/h5-8,15H,9-10H2,1-4H3. The van der Waals surface area contributed by atoms with Gasteiger partial charge in [0.15, 0.2) is 6.61 Å². The molecule has 4 nitrogen and oxygen atoms in total. The lowest BCUT2D eigenvalue weighted by Crippen LogP contribution is -2.35. The molecule has 1 aromatic rings. The van der Waals surface area contributed by atoms with Gasteiger partial charge in [-0.2, -0.15) is 0 Å². The summed E-state index contributed by atoms with van der Waals surface area (Å²) in [6, 6.07) is 7.67. The molecular weight excluding hydrogens is 230 g/mol. The number of carbonyl (C=O) groups is 1. The number of nitrogens with one attached hydrogen (secondary N) is 1. The smallest absolute Gasteiger partial charge is 0.343 e. The van der Waals surface area contributed by atoms with Crippen LogP contribution in [0.5, 0.6) is 5.75 Å². The van der Waals surface area contributed by atoms with Crippen molar-refractivity contribution in [3.8, 4) is 5.75 Å². The van der Waals surface area contributed by atoms with Gasteiger partial charge in [-0.25, -0.2) is 4.79 Å². The minimum Gasteiger partial charge on any atom is -0.482 e. The molecule has 4 heteroatoms. The van der Waals surface area contributed by atoms with E-state index >= 15 is 0 Å². The highest BCUT2D eigenvalue weighted by atomic mass is 16.6. The molecule has 0 fully saturated rings. The van der Waals surface area contributed by atoms with Crippen molar-refractivity contribution in [1.82, 2.24) is 5.32 Å². The first kappa shape index (κ1) is 14.5. The van der Waals surface area contributed by atoms with Crippen LogP contribution in [0.4, 0.5) is 0 Å². The van der Waals surface area contributed by atoms with Gasteiger partial charge in [0.25, 0.3) is 0 Å². The van der Waals surface area contributed by atoms with Gasteiger partial charge in [0.05, 0.1) is 7.11 Å². The average molecular weight is 251 g/mol. The molecule has 1 aromatic carbocycles. The van der Waals surface area contributed by atoms with Gasteiger partial charge in [-0.05, 0) is 38.5 Å². The molecule has 0 heterocycles. The summed E-state index contributed by atoms with van der Waals surface area (Å²) in [6.45, 7) is 7.05. The van der Waals surface area contributed by atoms with Crippen molar-refractivity contribution in [2.24, 2.45) is 0 Å². The second kappa shape index (κ2) is 6.40. The van der Waals surface area contributed by atoms with E-state index in [0.29, 0.717) is 5.75 Å². The van der Waals surface area contributed by atoms with Crippen molar-refractivity contribution >= 4 is 5.97 Å². The molecule has 0 radical (unpaired) electrons. The van der Waals surface area contributed by atoms with Gasteiger partial charge in [-0.15, -0.1) is 0 Å². The van der Waals surface area contributed by atoms with Gasteiger partial charge in [0, 0.05) is 12.1 Å². The van der Waals surface area contributed by atoms with Gasteiger partial charge in [0.1, 0.15) is 5.75 Å². The Kier molecular flexibility index (Phi) is 5.16. The van der Waals surface area contributed by atoms with Crippen molar-refractivity contribution in [3.05, 3.63) is 29.8 Å². The van der Waals surface area contributed by atoms with E-state index in [-0.39, 0.29) is 18.1 Å². The van der Waals surface area contributed by atoms with E-state index in [2.05, 4.69) is 30.8 Å². The molecule has 0 aliphatic rings. The maximum absolute atomic E-state index is 11.0. The summed E-state index contributed by atoms with van der Waals surface area (Å²) in [7, 11) is 1.34. The van der Waals surface area contributed by atoms with Crippen LogP contribution < -0.4 is 10.1 Å². The van der Waals surface area contributed by atoms with Crippen LogP contribution in [0.3, 0.4) is 0 Å². The van der Waals surface area contributed by atoms with Crippen molar-refractivity contribution < 1.29 is 14.3 Å². The Morgan fingerprint density at radius 3 is 2.67 bits per heavy atom. The highest BCUT2D eigenvalue weighted by Gasteiger charge is 2.08. The van der Waals surface area contributed by atoms with Crippen LogP contribution in [-0.4, -0.2) is 25.2 Å². The average Bonchev–Trinajstić information content (AvgIpc) is 2.33. The molecule has 0 unspecified atom stereocenters. The summed E-state index contributed by atoms with van der Waals surface area (Å²) in [4.78, 5) is 11.0. The third-order valence-electron chi connectivity index (χ3n) is 2.31. The molecule has 0 aliphatic carbocycles. The summed E-state index contributed by atoms with van der Waals surface area (Å²) in [5.74, 6) is 0.293. The molecule has 0 aliphatic heterocycles. The second-order valence-electron chi connectivity index (χ2n) is 5.12. The molecule has 0 saturated heterocycles. The van der Waals surface area contributed by atoms with Crippen LogP contribution in [0.15, 0.2) is 24.3 Å². The Bertz CT molecular complexity index is 396. The first-order valence-corrected chi connectivity index (χ1v) is 5.94. The van der Waals surface area contributed by atoms with E-state index in [9.17, 15) is 4.79 Å². The summed E-state index contributed by atoms with van der Waals surface area (Å²) in [5, 5.41) is 3.39. The fraction of sp³-hybridized carbons (Fsp3) is 0.500. The number of ether oxygens (including phenoxy) is 2. The fourth-order valence-electron chi connectivity index (χ4n) is 1.31. The predicted molar refractivity (Wildman–Crippen MR) is 70.5 cm³/mol. The van der Waals surface area contributed by atoms with Crippen LogP contribution in [-0.2, 0) is 16.1 Å². The lowest BCUT2D eigenvalue weighted by Gasteiger charge is -2.20. The third kappa shape index (κ3) is 5.68. The van der Waals surface area contributed by atoms with Crippen LogP contribution in [0.25, 0.3) is 0 Å². The number of esters is 1. The van der Waals surface area contributed by atoms with Crippen LogP contribution in [0.2, 0.25) is 0 Å². The van der Waals surface area contributed by atoms with Gasteiger partial charge in [-0.3, -0.25) is 0 Å². The lowest BCUT2D eigenvalue weighted by molar-refractivity contribution is -0.142. The summed E-state index contributed by atoms with van der Waals surface area (Å²) in [6.07, 6.45) is 0. The number of hydrogen-bond acceptors (Lipinski definition) is 4. The number of benzene rings is 1. The van der Waals surface area contributed by atoms with Crippen LogP contribution >= 0.6 is 0 Å². The Morgan fingerprint density at radius 1 is 1.33 bits per heavy atom. The van der Waals surface area contributed by atoms with E-state index in [0.717, 1.165) is 12.1 Å². The molecule has 0 saturated carbocycles. The molecule has 0 atom stereocenters. The van der Waals surface area contributed by atoms with E-state index in [1.807, 2.05) is 24.3 Å². The Balaban J connectivity index is 2.54. The zero-order chi connectivity index (χ0) is 13.6. The first-order chi connectivity index (χ1) is 8.40. The SMILES string of the molecule is COC(=O)COc1cccc(CNC(C)(C)C)c1. The zero-order valence-electron chi connectivity index (χ0n) is 11.4. The summed E-state index contributed by atoms with van der Waals surface area (Å²) >= 11 is 0. The molecular formula is C14H21NO3. The van der Waals surface area contributed by atoms with Gasteiger partial charge < -0.3 is 14.8 Å². The maximum atomic E-state index is 11.0. The minimum absolute atomic E-state index is 0.0628. The lowest BCUT2D eigenvalue weighted by atomic mass is 10.1. The molecule has 0 aromatic heterocycles. The Morgan fingerprint density at radius 2 is 2.06 bits per heavy atom. The number of rotatable bonds is 5. The normalized spacial score (nSPS) is 11.1. The fourth-order valence-corrected chi connectivity index (χ4v) is 1.31. The zero-order valence-corrected chi connectivity index (χ0v) is 11.4. The van der Waals surface area contributed by atoms with Gasteiger partial charge >= 0.3 is 5.97 Å². The molecule has 0 amide bonds. The minimum atomic E-state index is -0.381. The summed E-state index contributed by atoms with van der Waals surface area (Å²) < 4.78 is 9.85. The quantitative estimate of drug-likeness (QED) is 0.814. The highest BCUT2D eigenvalue weighted by molar-refractivity contribution is 5.70. The van der Waals surface area contributed by atoms with Crippen molar-refractivity contribution in [1.29, 1.82) is 0 Å². The maximum Gasteiger partial charge on any atom is 0.343 e. The molecule has 100 valence electrons. The molecule has 0 spiro atoms. The molecule has 1 rings (SSSR count). The number of carbonyl (C=O) groups excluding carboxylic acids is 1. The van der Waals surface area contributed by atoms with Gasteiger partial charge in [-0.1, -0.05) is 12.1 Å².